The number of esters is 1. The molecule has 2 aromatic carbocycles. The average Bonchev–Trinajstić information content (AvgIpc) is 3.25. The van der Waals surface area contributed by atoms with E-state index in [1.54, 1.807) is 13.2 Å². The first kappa shape index (κ1) is 18.6. The van der Waals surface area contributed by atoms with Gasteiger partial charge in [-0.2, -0.15) is 0 Å². The summed E-state index contributed by atoms with van der Waals surface area (Å²) in [6, 6.07) is 11.4. The lowest BCUT2D eigenvalue weighted by molar-refractivity contribution is -0.142. The van der Waals surface area contributed by atoms with Crippen LogP contribution in [0.5, 0.6) is 5.75 Å². The summed E-state index contributed by atoms with van der Waals surface area (Å²) < 4.78 is 23.5. The summed E-state index contributed by atoms with van der Waals surface area (Å²) in [6.07, 6.45) is 1.88. The number of carbonyl (C=O) groups excluding carboxylic acids is 1. The molecule has 0 fully saturated rings. The van der Waals surface area contributed by atoms with Crippen molar-refractivity contribution in [3.63, 3.8) is 0 Å². The normalized spacial score (nSPS) is 11.2. The molecule has 0 spiro atoms. The fourth-order valence-corrected chi connectivity index (χ4v) is 3.77. The number of carbonyl (C=O) groups is 1. The molecule has 2 aromatic heterocycles. The molecule has 144 valence electrons. The zero-order chi connectivity index (χ0) is 19.7. The highest BCUT2D eigenvalue weighted by atomic mass is 79.9. The van der Waals surface area contributed by atoms with Crippen LogP contribution < -0.4 is 4.74 Å². The number of hydrogen-bond donors (Lipinski definition) is 0. The van der Waals surface area contributed by atoms with Crippen molar-refractivity contribution in [2.24, 2.45) is 0 Å². The minimum Gasteiger partial charge on any atom is -0.488 e. The quantitative estimate of drug-likeness (QED) is 0.346. The van der Waals surface area contributed by atoms with Crippen LogP contribution in [0.4, 0.5) is 0 Å². The van der Waals surface area contributed by atoms with Crippen LogP contribution in [0.15, 0.2) is 56.0 Å². The predicted octanol–water partition coefficient (Wildman–Crippen LogP) is 5.93. The van der Waals surface area contributed by atoms with Crippen molar-refractivity contribution >= 4 is 43.8 Å². The molecule has 4 aromatic rings. The summed E-state index contributed by atoms with van der Waals surface area (Å²) in [7, 11) is 0. The van der Waals surface area contributed by atoms with Crippen molar-refractivity contribution in [3.05, 3.63) is 64.0 Å². The maximum absolute atomic E-state index is 11.8. The summed E-state index contributed by atoms with van der Waals surface area (Å²) in [5.41, 5.74) is 3.25. The Morgan fingerprint density at radius 2 is 1.93 bits per heavy atom. The molecule has 0 atom stereocenters. The number of fused-ring (bicyclic) bond motifs is 3. The maximum atomic E-state index is 11.8. The zero-order valence-electron chi connectivity index (χ0n) is 15.6. The van der Waals surface area contributed by atoms with Crippen LogP contribution in [0, 0.1) is 6.92 Å². The second-order valence-corrected chi connectivity index (χ2v) is 7.33. The number of rotatable bonds is 6. The van der Waals surface area contributed by atoms with Crippen LogP contribution in [-0.4, -0.2) is 12.6 Å². The van der Waals surface area contributed by atoms with Gasteiger partial charge in [0, 0.05) is 16.5 Å². The number of furan rings is 2. The predicted molar refractivity (Wildman–Crippen MR) is 110 cm³/mol. The lowest BCUT2D eigenvalue weighted by Gasteiger charge is -2.10. The molecule has 0 bridgehead atoms. The smallest absolute Gasteiger partial charge is 0.310 e. The van der Waals surface area contributed by atoms with Crippen LogP contribution in [0.2, 0.25) is 0 Å². The van der Waals surface area contributed by atoms with E-state index in [-0.39, 0.29) is 12.4 Å². The molecule has 28 heavy (non-hydrogen) atoms. The highest BCUT2D eigenvalue weighted by Gasteiger charge is 2.16. The molecule has 6 heteroatoms. The fourth-order valence-electron chi connectivity index (χ4n) is 3.25. The first-order chi connectivity index (χ1) is 13.6. The van der Waals surface area contributed by atoms with E-state index in [0.29, 0.717) is 19.0 Å². The SMILES string of the molecule is CCOC(=O)Cc1ccccc1OCc1coc2c1cc(Br)c1oc(C)cc12. The van der Waals surface area contributed by atoms with Crippen LogP contribution in [0.25, 0.3) is 21.9 Å². The van der Waals surface area contributed by atoms with Crippen LogP contribution in [-0.2, 0) is 22.6 Å². The number of halogens is 1. The van der Waals surface area contributed by atoms with Crippen molar-refractivity contribution in [2.75, 3.05) is 6.61 Å². The molecule has 0 saturated carbocycles. The maximum Gasteiger partial charge on any atom is 0.310 e. The average molecular weight is 443 g/mol. The lowest BCUT2D eigenvalue weighted by atomic mass is 10.1. The summed E-state index contributed by atoms with van der Waals surface area (Å²) in [6.45, 7) is 4.38. The Balaban J connectivity index is 1.61. The van der Waals surface area contributed by atoms with E-state index in [1.807, 2.05) is 43.3 Å². The summed E-state index contributed by atoms with van der Waals surface area (Å²) in [5.74, 6) is 1.21. The molecule has 0 aliphatic carbocycles. The van der Waals surface area contributed by atoms with Gasteiger partial charge in [0.05, 0.1) is 29.1 Å². The Bertz CT molecular complexity index is 1150. The minimum atomic E-state index is -0.269. The van der Waals surface area contributed by atoms with Gasteiger partial charge in [-0.05, 0) is 48.0 Å². The first-order valence-corrected chi connectivity index (χ1v) is 9.81. The third-order valence-corrected chi connectivity index (χ3v) is 5.08. The van der Waals surface area contributed by atoms with Gasteiger partial charge in [0.2, 0.25) is 0 Å². The molecule has 5 nitrogen and oxygen atoms in total. The van der Waals surface area contributed by atoms with Gasteiger partial charge in [0.25, 0.3) is 0 Å². The number of ether oxygens (including phenoxy) is 2. The van der Waals surface area contributed by atoms with Crippen molar-refractivity contribution in [2.45, 2.75) is 26.9 Å². The van der Waals surface area contributed by atoms with Gasteiger partial charge in [-0.1, -0.05) is 18.2 Å². The number of aryl methyl sites for hydroxylation is 1. The van der Waals surface area contributed by atoms with Gasteiger partial charge >= 0.3 is 5.97 Å². The molecule has 0 saturated heterocycles. The van der Waals surface area contributed by atoms with E-state index in [4.69, 9.17) is 18.3 Å². The van der Waals surface area contributed by atoms with Gasteiger partial charge in [-0.3, -0.25) is 4.79 Å². The van der Waals surface area contributed by atoms with E-state index in [2.05, 4.69) is 15.9 Å². The molecule has 0 N–H and O–H groups in total. The van der Waals surface area contributed by atoms with Gasteiger partial charge in [-0.15, -0.1) is 0 Å². The van der Waals surface area contributed by atoms with Gasteiger partial charge in [0.15, 0.2) is 5.58 Å². The van der Waals surface area contributed by atoms with Crippen molar-refractivity contribution < 1.29 is 23.1 Å². The van der Waals surface area contributed by atoms with E-state index < -0.39 is 0 Å². The number of para-hydroxylation sites is 1. The Morgan fingerprint density at radius 3 is 2.75 bits per heavy atom. The molecule has 0 radical (unpaired) electrons. The van der Waals surface area contributed by atoms with Crippen molar-refractivity contribution in [3.8, 4) is 5.75 Å². The van der Waals surface area contributed by atoms with Crippen molar-refractivity contribution in [1.29, 1.82) is 0 Å². The van der Waals surface area contributed by atoms with Gasteiger partial charge < -0.3 is 18.3 Å². The van der Waals surface area contributed by atoms with Crippen LogP contribution in [0.3, 0.4) is 0 Å². The molecular formula is C22H19BrO5. The van der Waals surface area contributed by atoms with E-state index in [0.717, 1.165) is 43.3 Å². The molecule has 4 rings (SSSR count). The first-order valence-electron chi connectivity index (χ1n) is 9.02. The number of benzene rings is 2. The molecule has 0 unspecified atom stereocenters. The highest BCUT2D eigenvalue weighted by molar-refractivity contribution is 9.10. The summed E-state index contributed by atoms with van der Waals surface area (Å²) in [4.78, 5) is 11.8. The monoisotopic (exact) mass is 442 g/mol. The van der Waals surface area contributed by atoms with E-state index >= 15 is 0 Å². The zero-order valence-corrected chi connectivity index (χ0v) is 17.2. The Hall–Kier alpha value is -2.73. The lowest BCUT2D eigenvalue weighted by Crippen LogP contribution is -2.09. The Morgan fingerprint density at radius 1 is 1.11 bits per heavy atom. The third-order valence-electron chi connectivity index (χ3n) is 4.49. The third kappa shape index (κ3) is 3.52. The topological polar surface area (TPSA) is 61.8 Å². The highest BCUT2D eigenvalue weighted by Crippen LogP contribution is 2.37. The largest absolute Gasteiger partial charge is 0.488 e. The summed E-state index contributed by atoms with van der Waals surface area (Å²) >= 11 is 3.57. The molecule has 2 heterocycles. The molecule has 0 aliphatic rings. The summed E-state index contributed by atoms with van der Waals surface area (Å²) in [5, 5.41) is 1.89. The van der Waals surface area contributed by atoms with Crippen LogP contribution >= 0.6 is 15.9 Å². The molecular weight excluding hydrogens is 424 g/mol. The fraction of sp³-hybridized carbons (Fsp3) is 0.227. The molecule has 0 aliphatic heterocycles. The second-order valence-electron chi connectivity index (χ2n) is 6.47. The molecule has 0 amide bonds. The minimum absolute atomic E-state index is 0.177. The standard InChI is InChI=1S/C22H19BrO5/c1-3-25-20(24)9-14-6-4-5-7-19(14)26-11-15-12-27-21-16(15)10-18(23)22-17(21)8-13(2)28-22/h4-8,10,12H,3,9,11H2,1-2H3. The van der Waals surface area contributed by atoms with E-state index in [1.165, 1.54) is 0 Å². The van der Waals surface area contributed by atoms with Crippen molar-refractivity contribution in [1.82, 2.24) is 0 Å². The Labute approximate surface area is 170 Å². The number of hydrogen-bond acceptors (Lipinski definition) is 5. The second kappa shape index (κ2) is 7.72. The van der Waals surface area contributed by atoms with Gasteiger partial charge in [-0.25, -0.2) is 0 Å². The Kier molecular flexibility index (Phi) is 5.13. The van der Waals surface area contributed by atoms with Crippen LogP contribution in [0.1, 0.15) is 23.8 Å². The van der Waals surface area contributed by atoms with E-state index in [9.17, 15) is 4.79 Å². The van der Waals surface area contributed by atoms with Gasteiger partial charge in [0.1, 0.15) is 23.7 Å².